The lowest BCUT2D eigenvalue weighted by molar-refractivity contribution is -0.112. The minimum absolute atomic E-state index is 0.0261. The van der Waals surface area contributed by atoms with Crippen molar-refractivity contribution < 1.29 is 13.9 Å². The van der Waals surface area contributed by atoms with Crippen LogP contribution < -0.4 is 15.0 Å². The Morgan fingerprint density at radius 1 is 1.17 bits per heavy atom. The summed E-state index contributed by atoms with van der Waals surface area (Å²) in [6.45, 7) is 4.87. The number of amides is 1. The molecule has 2 aromatic rings. The van der Waals surface area contributed by atoms with Crippen molar-refractivity contribution in [3.8, 4) is 11.8 Å². The van der Waals surface area contributed by atoms with Gasteiger partial charge < -0.3 is 19.9 Å². The molecule has 0 spiro atoms. The summed E-state index contributed by atoms with van der Waals surface area (Å²) in [5, 5.41) is 12.1. The second kappa shape index (κ2) is 9.60. The topological polar surface area (TPSA) is 68.6 Å². The molecule has 3 rings (SSSR count). The van der Waals surface area contributed by atoms with E-state index in [1.807, 2.05) is 28.9 Å². The molecule has 1 fully saturated rings. The lowest BCUT2D eigenvalue weighted by Crippen LogP contribution is -2.44. The summed E-state index contributed by atoms with van der Waals surface area (Å²) in [4.78, 5) is 16.3. The van der Waals surface area contributed by atoms with Gasteiger partial charge >= 0.3 is 0 Å². The van der Waals surface area contributed by atoms with Gasteiger partial charge in [-0.05, 0) is 43.3 Å². The van der Waals surface area contributed by atoms with Crippen LogP contribution in [0.25, 0.3) is 0 Å². The number of hydrogen-bond donors (Lipinski definition) is 1. The van der Waals surface area contributed by atoms with E-state index in [9.17, 15) is 14.4 Å². The Balaban J connectivity index is 1.59. The first-order valence-electron chi connectivity index (χ1n) is 9.50. The van der Waals surface area contributed by atoms with E-state index in [4.69, 9.17) is 4.74 Å². The van der Waals surface area contributed by atoms with E-state index in [0.717, 1.165) is 0 Å². The number of nitriles is 1. The van der Waals surface area contributed by atoms with Gasteiger partial charge in [0.05, 0.1) is 12.3 Å². The molecule has 0 aliphatic carbocycles. The molecule has 0 aromatic heterocycles. The Labute approximate surface area is 169 Å². The first-order chi connectivity index (χ1) is 14.1. The van der Waals surface area contributed by atoms with Crippen LogP contribution in [0.2, 0.25) is 0 Å². The van der Waals surface area contributed by atoms with Crippen molar-refractivity contribution in [2.45, 2.75) is 6.92 Å². The fourth-order valence-electron chi connectivity index (χ4n) is 3.12. The number of para-hydroxylation sites is 1. The summed E-state index contributed by atoms with van der Waals surface area (Å²) >= 11 is 0. The molecular formula is C22H23FN4O2. The smallest absolute Gasteiger partial charge is 0.267 e. The Morgan fingerprint density at radius 3 is 2.48 bits per heavy atom. The quantitative estimate of drug-likeness (QED) is 0.601. The number of nitrogens with zero attached hydrogens (tertiary/aromatic N) is 3. The van der Waals surface area contributed by atoms with E-state index < -0.39 is 5.91 Å². The third-order valence-electron chi connectivity index (χ3n) is 4.61. The highest BCUT2D eigenvalue weighted by Crippen LogP contribution is 2.21. The van der Waals surface area contributed by atoms with E-state index in [2.05, 4.69) is 5.32 Å². The molecule has 1 aliphatic heterocycles. The molecule has 7 heteroatoms. The number of benzene rings is 2. The van der Waals surface area contributed by atoms with Crippen LogP contribution >= 0.6 is 0 Å². The van der Waals surface area contributed by atoms with E-state index in [1.54, 1.807) is 42.6 Å². The van der Waals surface area contributed by atoms with Crippen molar-refractivity contribution >= 4 is 17.3 Å². The highest BCUT2D eigenvalue weighted by atomic mass is 19.1. The van der Waals surface area contributed by atoms with Crippen LogP contribution in [0.15, 0.2) is 60.3 Å². The second-order valence-corrected chi connectivity index (χ2v) is 6.54. The Hall–Kier alpha value is -3.53. The molecule has 1 saturated heterocycles. The normalized spacial score (nSPS) is 14.3. The van der Waals surface area contributed by atoms with Gasteiger partial charge in [-0.15, -0.1) is 0 Å². The van der Waals surface area contributed by atoms with E-state index in [0.29, 0.717) is 49.9 Å². The predicted molar refractivity (Wildman–Crippen MR) is 110 cm³/mol. The lowest BCUT2D eigenvalue weighted by atomic mass is 10.2. The fourth-order valence-corrected chi connectivity index (χ4v) is 3.12. The van der Waals surface area contributed by atoms with Crippen LogP contribution in [0.5, 0.6) is 5.75 Å². The molecule has 1 N–H and O–H groups in total. The maximum Gasteiger partial charge on any atom is 0.267 e. The van der Waals surface area contributed by atoms with Gasteiger partial charge in [-0.3, -0.25) is 4.79 Å². The zero-order valence-electron chi connectivity index (χ0n) is 16.3. The maximum atomic E-state index is 13.9. The number of piperazine rings is 1. The van der Waals surface area contributed by atoms with Crippen LogP contribution in [-0.4, -0.2) is 43.6 Å². The van der Waals surface area contributed by atoms with Gasteiger partial charge in [0, 0.05) is 38.1 Å². The molecule has 0 unspecified atom stereocenters. The number of rotatable bonds is 6. The molecule has 2 aromatic carbocycles. The summed E-state index contributed by atoms with van der Waals surface area (Å²) in [6.07, 6.45) is 1.57. The second-order valence-electron chi connectivity index (χ2n) is 6.54. The third kappa shape index (κ3) is 5.26. The van der Waals surface area contributed by atoms with Gasteiger partial charge in [0.2, 0.25) is 0 Å². The van der Waals surface area contributed by atoms with Gasteiger partial charge in [0.25, 0.3) is 5.91 Å². The van der Waals surface area contributed by atoms with Crippen LogP contribution in [0.3, 0.4) is 0 Å². The molecule has 1 amide bonds. The molecule has 0 radical (unpaired) electrons. The molecule has 6 nitrogen and oxygen atoms in total. The zero-order chi connectivity index (χ0) is 20.6. The average molecular weight is 394 g/mol. The first kappa shape index (κ1) is 20.2. The highest BCUT2D eigenvalue weighted by Gasteiger charge is 2.19. The van der Waals surface area contributed by atoms with Crippen molar-refractivity contribution in [2.24, 2.45) is 0 Å². The maximum absolute atomic E-state index is 13.9. The zero-order valence-corrected chi connectivity index (χ0v) is 16.3. The van der Waals surface area contributed by atoms with Gasteiger partial charge in [0.15, 0.2) is 0 Å². The molecule has 1 aliphatic rings. The van der Waals surface area contributed by atoms with Crippen LogP contribution in [0.4, 0.5) is 15.8 Å². The number of hydrogen-bond acceptors (Lipinski definition) is 5. The first-order valence-corrected chi connectivity index (χ1v) is 9.50. The van der Waals surface area contributed by atoms with E-state index in [1.165, 1.54) is 6.07 Å². The molecule has 0 bridgehead atoms. The molecule has 0 atom stereocenters. The van der Waals surface area contributed by atoms with Crippen molar-refractivity contribution in [1.29, 1.82) is 5.26 Å². The minimum atomic E-state index is -0.465. The average Bonchev–Trinajstić information content (AvgIpc) is 2.74. The number of ether oxygens (including phenoxy) is 1. The van der Waals surface area contributed by atoms with E-state index >= 15 is 0 Å². The Bertz CT molecular complexity index is 913. The number of carbonyl (C=O) groups excluding carboxylic acids is 1. The van der Waals surface area contributed by atoms with Crippen LogP contribution in [0.1, 0.15) is 6.92 Å². The fraction of sp³-hybridized carbons (Fsp3) is 0.273. The van der Waals surface area contributed by atoms with Crippen molar-refractivity contribution in [3.05, 3.63) is 66.1 Å². The number of anilines is 2. The van der Waals surface area contributed by atoms with Gasteiger partial charge in [-0.2, -0.15) is 5.26 Å². The van der Waals surface area contributed by atoms with Gasteiger partial charge in [-0.25, -0.2) is 4.39 Å². The SMILES string of the molecule is CCOc1ccc(NC(=O)/C(C#N)=C\N2CCN(c3ccccc3F)CC2)cc1. The van der Waals surface area contributed by atoms with Crippen molar-refractivity contribution in [3.63, 3.8) is 0 Å². The summed E-state index contributed by atoms with van der Waals surface area (Å²) in [5.74, 6) is 0.00593. The monoisotopic (exact) mass is 394 g/mol. The molecule has 150 valence electrons. The van der Waals surface area contributed by atoms with Crippen molar-refractivity contribution in [2.75, 3.05) is 43.0 Å². The number of carbonyl (C=O) groups is 1. The van der Waals surface area contributed by atoms with Crippen molar-refractivity contribution in [1.82, 2.24) is 4.90 Å². The summed E-state index contributed by atoms with van der Waals surface area (Å²) in [6, 6.07) is 15.6. The summed E-state index contributed by atoms with van der Waals surface area (Å²) < 4.78 is 19.3. The van der Waals surface area contributed by atoms with Gasteiger partial charge in [0.1, 0.15) is 23.2 Å². The Kier molecular flexibility index (Phi) is 6.69. The van der Waals surface area contributed by atoms with E-state index in [-0.39, 0.29) is 11.4 Å². The third-order valence-corrected chi connectivity index (χ3v) is 4.61. The molecule has 1 heterocycles. The number of halogens is 1. The largest absolute Gasteiger partial charge is 0.494 e. The lowest BCUT2D eigenvalue weighted by Gasteiger charge is -2.35. The highest BCUT2D eigenvalue weighted by molar-refractivity contribution is 6.06. The summed E-state index contributed by atoms with van der Waals surface area (Å²) in [7, 11) is 0. The van der Waals surface area contributed by atoms with Crippen LogP contribution in [-0.2, 0) is 4.79 Å². The van der Waals surface area contributed by atoms with Gasteiger partial charge in [-0.1, -0.05) is 12.1 Å². The molecule has 0 saturated carbocycles. The molecule has 29 heavy (non-hydrogen) atoms. The summed E-state index contributed by atoms with van der Waals surface area (Å²) in [5.41, 5.74) is 1.19. The molecular weight excluding hydrogens is 371 g/mol. The van der Waals surface area contributed by atoms with Crippen LogP contribution in [0, 0.1) is 17.1 Å². The Morgan fingerprint density at radius 2 is 1.86 bits per heavy atom. The number of nitrogens with one attached hydrogen (secondary N) is 1. The standard InChI is InChI=1S/C22H23FN4O2/c1-2-29-19-9-7-18(8-10-19)25-22(28)17(15-24)16-26-11-13-27(14-12-26)21-6-4-3-5-20(21)23/h3-10,16H,2,11-14H2,1H3,(H,25,28)/b17-16-. The minimum Gasteiger partial charge on any atom is -0.494 e. The predicted octanol–water partition coefficient (Wildman–Crippen LogP) is 3.39.